The maximum Gasteiger partial charge on any atom is 0.0621 e. The van der Waals surface area contributed by atoms with Gasteiger partial charge in [0.1, 0.15) is 0 Å². The van der Waals surface area contributed by atoms with Gasteiger partial charge in [-0.1, -0.05) is 64.9 Å². The van der Waals surface area contributed by atoms with Crippen molar-refractivity contribution in [3.05, 3.63) is 12.2 Å². The summed E-state index contributed by atoms with van der Waals surface area (Å²) in [6, 6.07) is 0. The predicted molar refractivity (Wildman–Crippen MR) is 84.9 cm³/mol. The summed E-state index contributed by atoms with van der Waals surface area (Å²) < 4.78 is 0. The van der Waals surface area contributed by atoms with Crippen LogP contribution in [0.15, 0.2) is 12.2 Å². The Bertz CT molecular complexity index is 291. The fourth-order valence-electron chi connectivity index (χ4n) is 2.07. The summed E-state index contributed by atoms with van der Waals surface area (Å²) in [7, 11) is 0. The SMILES string of the molecule is C=C(C#CCC(C)O)CCCC(C)CCCC(C)C. The molecule has 110 valence electrons. The molecular formula is C18H32O. The molecule has 0 aromatic heterocycles. The van der Waals surface area contributed by atoms with E-state index in [1.165, 1.54) is 32.1 Å². The largest absolute Gasteiger partial charge is 0.392 e. The van der Waals surface area contributed by atoms with Crippen LogP contribution in [0, 0.1) is 23.7 Å². The van der Waals surface area contributed by atoms with Crippen molar-refractivity contribution in [3.63, 3.8) is 0 Å². The molecule has 19 heavy (non-hydrogen) atoms. The number of hydrogen-bond donors (Lipinski definition) is 1. The molecule has 0 heterocycles. The fourth-order valence-corrected chi connectivity index (χ4v) is 2.07. The number of allylic oxidation sites excluding steroid dienone is 1. The Morgan fingerprint density at radius 3 is 2.26 bits per heavy atom. The molecule has 0 aromatic carbocycles. The van der Waals surface area contributed by atoms with Gasteiger partial charge in [0.15, 0.2) is 0 Å². The Hall–Kier alpha value is -0.740. The highest BCUT2D eigenvalue weighted by Gasteiger charge is 2.03. The molecular weight excluding hydrogens is 232 g/mol. The molecule has 1 heteroatoms. The van der Waals surface area contributed by atoms with Crippen LogP contribution in [0.4, 0.5) is 0 Å². The van der Waals surface area contributed by atoms with E-state index in [4.69, 9.17) is 5.11 Å². The highest BCUT2D eigenvalue weighted by molar-refractivity contribution is 5.25. The second kappa shape index (κ2) is 11.1. The predicted octanol–water partition coefficient (Wildman–Crippen LogP) is 4.95. The molecule has 0 rings (SSSR count). The molecule has 0 aliphatic rings. The highest BCUT2D eigenvalue weighted by atomic mass is 16.3. The quantitative estimate of drug-likeness (QED) is 0.584. The van der Waals surface area contributed by atoms with Crippen molar-refractivity contribution < 1.29 is 5.11 Å². The Morgan fingerprint density at radius 2 is 1.68 bits per heavy atom. The molecule has 0 amide bonds. The maximum atomic E-state index is 9.10. The lowest BCUT2D eigenvalue weighted by molar-refractivity contribution is 0.201. The number of aliphatic hydroxyl groups excluding tert-OH is 1. The normalized spacial score (nSPS) is 13.8. The van der Waals surface area contributed by atoms with E-state index in [0.29, 0.717) is 6.42 Å². The summed E-state index contributed by atoms with van der Waals surface area (Å²) >= 11 is 0. The van der Waals surface area contributed by atoms with Crippen molar-refractivity contribution in [2.24, 2.45) is 11.8 Å². The molecule has 0 fully saturated rings. The monoisotopic (exact) mass is 264 g/mol. The summed E-state index contributed by atoms with van der Waals surface area (Å²) in [5.41, 5.74) is 1.01. The van der Waals surface area contributed by atoms with Gasteiger partial charge in [0, 0.05) is 6.42 Å². The summed E-state index contributed by atoms with van der Waals surface area (Å²) in [5.74, 6) is 7.66. The summed E-state index contributed by atoms with van der Waals surface area (Å²) in [6.45, 7) is 12.7. The zero-order chi connectivity index (χ0) is 14.7. The van der Waals surface area contributed by atoms with Crippen molar-refractivity contribution in [1.82, 2.24) is 0 Å². The van der Waals surface area contributed by atoms with Crippen molar-refractivity contribution in [2.45, 2.75) is 78.7 Å². The van der Waals surface area contributed by atoms with E-state index in [1.54, 1.807) is 6.92 Å². The van der Waals surface area contributed by atoms with Gasteiger partial charge in [0.2, 0.25) is 0 Å². The van der Waals surface area contributed by atoms with E-state index in [1.807, 2.05) is 0 Å². The molecule has 0 aliphatic heterocycles. The molecule has 2 unspecified atom stereocenters. The smallest absolute Gasteiger partial charge is 0.0621 e. The van der Waals surface area contributed by atoms with Crippen LogP contribution in [0.1, 0.15) is 72.6 Å². The van der Waals surface area contributed by atoms with E-state index < -0.39 is 0 Å². The Kier molecular flexibility index (Phi) is 10.7. The van der Waals surface area contributed by atoms with Gasteiger partial charge in [0.05, 0.1) is 6.10 Å². The molecule has 2 atom stereocenters. The summed E-state index contributed by atoms with van der Waals surface area (Å²) in [4.78, 5) is 0. The molecule has 0 saturated heterocycles. The first-order valence-electron chi connectivity index (χ1n) is 7.76. The van der Waals surface area contributed by atoms with Crippen LogP contribution in [-0.2, 0) is 0 Å². The van der Waals surface area contributed by atoms with Crippen molar-refractivity contribution in [1.29, 1.82) is 0 Å². The first-order chi connectivity index (χ1) is 8.91. The number of hydrogen-bond acceptors (Lipinski definition) is 1. The molecule has 1 N–H and O–H groups in total. The van der Waals surface area contributed by atoms with Gasteiger partial charge in [-0.05, 0) is 37.2 Å². The third-order valence-electron chi connectivity index (χ3n) is 3.32. The molecule has 0 radical (unpaired) electrons. The minimum Gasteiger partial charge on any atom is -0.392 e. The van der Waals surface area contributed by atoms with Gasteiger partial charge >= 0.3 is 0 Å². The van der Waals surface area contributed by atoms with Gasteiger partial charge in [-0.3, -0.25) is 0 Å². The average Bonchev–Trinajstić information content (AvgIpc) is 2.27. The zero-order valence-electron chi connectivity index (χ0n) is 13.3. The molecule has 0 saturated carbocycles. The van der Waals surface area contributed by atoms with E-state index in [-0.39, 0.29) is 6.10 Å². The third-order valence-corrected chi connectivity index (χ3v) is 3.32. The topological polar surface area (TPSA) is 20.2 Å². The summed E-state index contributed by atoms with van der Waals surface area (Å²) in [5, 5.41) is 9.10. The third kappa shape index (κ3) is 13.5. The molecule has 0 aliphatic carbocycles. The Balaban J connectivity index is 3.60. The van der Waals surface area contributed by atoms with Gasteiger partial charge in [0.25, 0.3) is 0 Å². The van der Waals surface area contributed by atoms with Crippen molar-refractivity contribution in [2.75, 3.05) is 0 Å². The average molecular weight is 264 g/mol. The molecule has 0 spiro atoms. The Labute approximate surface area is 120 Å². The highest BCUT2D eigenvalue weighted by Crippen LogP contribution is 2.18. The molecule has 0 aromatic rings. The van der Waals surface area contributed by atoms with Crippen molar-refractivity contribution in [3.8, 4) is 11.8 Å². The fraction of sp³-hybridized carbons (Fsp3) is 0.778. The van der Waals surface area contributed by atoms with Gasteiger partial charge in [-0.25, -0.2) is 0 Å². The first-order valence-corrected chi connectivity index (χ1v) is 7.76. The van der Waals surface area contributed by atoms with Crippen LogP contribution < -0.4 is 0 Å². The van der Waals surface area contributed by atoms with Crippen molar-refractivity contribution >= 4 is 0 Å². The Morgan fingerprint density at radius 1 is 1.05 bits per heavy atom. The standard InChI is InChI=1S/C18H32O/c1-15(2)9-6-10-16(3)11-7-12-17(4)13-8-14-18(5)19/h15-16,18-19H,4,6-7,9-12,14H2,1-3,5H3. The molecule has 0 bridgehead atoms. The molecule has 1 nitrogen and oxygen atoms in total. The maximum absolute atomic E-state index is 9.10. The zero-order valence-corrected chi connectivity index (χ0v) is 13.3. The first kappa shape index (κ1) is 18.3. The van der Waals surface area contributed by atoms with E-state index in [2.05, 4.69) is 39.2 Å². The van der Waals surface area contributed by atoms with Crippen LogP contribution in [0.3, 0.4) is 0 Å². The van der Waals surface area contributed by atoms with Crippen LogP contribution in [0.2, 0.25) is 0 Å². The number of rotatable bonds is 9. The van der Waals surface area contributed by atoms with E-state index in [9.17, 15) is 0 Å². The van der Waals surface area contributed by atoms with Crippen LogP contribution in [0.5, 0.6) is 0 Å². The van der Waals surface area contributed by atoms with Gasteiger partial charge < -0.3 is 5.11 Å². The van der Waals surface area contributed by atoms with E-state index >= 15 is 0 Å². The lowest BCUT2D eigenvalue weighted by atomic mass is 9.94. The lowest BCUT2D eigenvalue weighted by Gasteiger charge is -2.11. The van der Waals surface area contributed by atoms with Crippen LogP contribution in [-0.4, -0.2) is 11.2 Å². The lowest BCUT2D eigenvalue weighted by Crippen LogP contribution is -1.97. The van der Waals surface area contributed by atoms with Gasteiger partial charge in [-0.2, -0.15) is 0 Å². The summed E-state index contributed by atoms with van der Waals surface area (Å²) in [6.07, 6.45) is 7.72. The van der Waals surface area contributed by atoms with E-state index in [0.717, 1.165) is 23.8 Å². The van der Waals surface area contributed by atoms with Crippen LogP contribution in [0.25, 0.3) is 0 Å². The number of aliphatic hydroxyl groups is 1. The second-order valence-corrected chi connectivity index (χ2v) is 6.28. The second-order valence-electron chi connectivity index (χ2n) is 6.28. The van der Waals surface area contributed by atoms with Crippen LogP contribution >= 0.6 is 0 Å². The van der Waals surface area contributed by atoms with Gasteiger partial charge in [-0.15, -0.1) is 0 Å². The minimum atomic E-state index is -0.332. The minimum absolute atomic E-state index is 0.332.